The van der Waals surface area contributed by atoms with Crippen molar-refractivity contribution in [3.63, 3.8) is 0 Å². The second-order valence-corrected chi connectivity index (χ2v) is 6.81. The molecule has 2 aromatic carbocycles. The van der Waals surface area contributed by atoms with Gasteiger partial charge in [-0.15, -0.1) is 0 Å². The fourth-order valence-electron chi connectivity index (χ4n) is 3.54. The third kappa shape index (κ3) is 3.54. The molecule has 0 aliphatic carbocycles. The number of halogens is 3. The van der Waals surface area contributed by atoms with Crippen molar-refractivity contribution in [1.29, 1.82) is 0 Å². The van der Waals surface area contributed by atoms with Crippen LogP contribution in [0.2, 0.25) is 0 Å². The predicted octanol–water partition coefficient (Wildman–Crippen LogP) is 4.15. The molecular weight excluding hydrogens is 399 g/mol. The molecule has 0 bridgehead atoms. The standard InChI is InChI=1S/C21H16F3N3O3/c1-30-20(29)13-7-5-12(6-8-13)16-10-17(28)26-19-18(16)27(11-25-19)15-4-2-3-14(9-15)21(22,23)24/h2-9,11,16H,10H2,1H3,(H,26,28)/t16-/m1/s1. The summed E-state index contributed by atoms with van der Waals surface area (Å²) in [5.41, 5.74) is 1.16. The third-order valence-electron chi connectivity index (χ3n) is 4.97. The number of aromatic nitrogens is 2. The first-order valence-electron chi connectivity index (χ1n) is 9.01. The van der Waals surface area contributed by atoms with Gasteiger partial charge in [0.25, 0.3) is 0 Å². The van der Waals surface area contributed by atoms with E-state index in [-0.39, 0.29) is 18.0 Å². The van der Waals surface area contributed by atoms with Crippen LogP contribution in [-0.2, 0) is 15.7 Å². The Morgan fingerprint density at radius 1 is 1.20 bits per heavy atom. The van der Waals surface area contributed by atoms with Gasteiger partial charge < -0.3 is 14.6 Å². The smallest absolute Gasteiger partial charge is 0.416 e. The molecular formula is C21H16F3N3O3. The number of methoxy groups -OCH3 is 1. The highest BCUT2D eigenvalue weighted by atomic mass is 19.4. The number of nitrogens with zero attached hydrogens (tertiary/aromatic N) is 2. The summed E-state index contributed by atoms with van der Waals surface area (Å²) in [6.07, 6.45) is -3.00. The zero-order chi connectivity index (χ0) is 21.5. The number of fused-ring (bicyclic) bond motifs is 1. The summed E-state index contributed by atoms with van der Waals surface area (Å²) in [6, 6.07) is 11.5. The Labute approximate surface area is 169 Å². The summed E-state index contributed by atoms with van der Waals surface area (Å²) in [7, 11) is 1.28. The summed E-state index contributed by atoms with van der Waals surface area (Å²) in [6.45, 7) is 0. The van der Waals surface area contributed by atoms with Gasteiger partial charge in [-0.25, -0.2) is 9.78 Å². The van der Waals surface area contributed by atoms with Gasteiger partial charge in [0.1, 0.15) is 6.33 Å². The van der Waals surface area contributed by atoms with E-state index in [1.165, 1.54) is 19.5 Å². The van der Waals surface area contributed by atoms with E-state index in [4.69, 9.17) is 0 Å². The average Bonchev–Trinajstić information content (AvgIpc) is 3.16. The number of ether oxygens (including phenoxy) is 1. The molecule has 4 rings (SSSR count). The quantitative estimate of drug-likeness (QED) is 0.653. The Balaban J connectivity index is 1.79. The molecule has 0 radical (unpaired) electrons. The lowest BCUT2D eigenvalue weighted by Gasteiger charge is -2.25. The van der Waals surface area contributed by atoms with Crippen LogP contribution in [0.1, 0.15) is 39.5 Å². The number of rotatable bonds is 3. The van der Waals surface area contributed by atoms with E-state index in [0.29, 0.717) is 17.1 Å². The molecule has 0 fully saturated rings. The first-order chi connectivity index (χ1) is 14.3. The minimum atomic E-state index is -4.48. The van der Waals surface area contributed by atoms with Crippen molar-refractivity contribution in [3.8, 4) is 5.69 Å². The number of carbonyl (C=O) groups excluding carboxylic acids is 2. The molecule has 0 saturated heterocycles. The number of hydrogen-bond acceptors (Lipinski definition) is 4. The summed E-state index contributed by atoms with van der Waals surface area (Å²) in [5, 5.41) is 2.67. The number of anilines is 1. The zero-order valence-electron chi connectivity index (χ0n) is 15.7. The van der Waals surface area contributed by atoms with Crippen molar-refractivity contribution in [2.75, 3.05) is 12.4 Å². The highest BCUT2D eigenvalue weighted by Gasteiger charge is 2.33. The first kappa shape index (κ1) is 19.7. The first-order valence-corrected chi connectivity index (χ1v) is 9.01. The monoisotopic (exact) mass is 415 g/mol. The number of imidazole rings is 1. The number of alkyl halides is 3. The lowest BCUT2D eigenvalue weighted by atomic mass is 9.89. The van der Waals surface area contributed by atoms with Gasteiger partial charge in [-0.3, -0.25) is 4.79 Å². The number of esters is 1. The molecule has 3 aromatic rings. The number of carbonyl (C=O) groups is 2. The Morgan fingerprint density at radius 3 is 2.60 bits per heavy atom. The number of nitrogens with one attached hydrogen (secondary N) is 1. The summed E-state index contributed by atoms with van der Waals surface area (Å²) < 4.78 is 45.7. The van der Waals surface area contributed by atoms with Crippen LogP contribution in [0.25, 0.3) is 5.69 Å². The van der Waals surface area contributed by atoms with E-state index in [1.54, 1.807) is 34.9 Å². The Bertz CT molecular complexity index is 1120. The molecule has 1 atom stereocenters. The van der Waals surface area contributed by atoms with Crippen LogP contribution < -0.4 is 5.32 Å². The lowest BCUT2D eigenvalue weighted by molar-refractivity contribution is -0.137. The van der Waals surface area contributed by atoms with Crippen molar-refractivity contribution >= 4 is 17.7 Å². The Hall–Kier alpha value is -3.62. The van der Waals surface area contributed by atoms with Gasteiger partial charge >= 0.3 is 12.1 Å². The molecule has 6 nitrogen and oxygen atoms in total. The van der Waals surface area contributed by atoms with Gasteiger partial charge in [-0.05, 0) is 35.9 Å². The van der Waals surface area contributed by atoms with Crippen LogP contribution >= 0.6 is 0 Å². The zero-order valence-corrected chi connectivity index (χ0v) is 15.7. The van der Waals surface area contributed by atoms with Gasteiger partial charge in [0, 0.05) is 18.0 Å². The fraction of sp³-hybridized carbons (Fsp3) is 0.190. The van der Waals surface area contributed by atoms with Crippen LogP contribution in [0.15, 0.2) is 54.9 Å². The molecule has 2 heterocycles. The number of hydrogen-bond donors (Lipinski definition) is 1. The third-order valence-corrected chi connectivity index (χ3v) is 4.97. The average molecular weight is 415 g/mol. The summed E-state index contributed by atoms with van der Waals surface area (Å²) in [4.78, 5) is 28.0. The van der Waals surface area contributed by atoms with Crippen LogP contribution in [0.3, 0.4) is 0 Å². The van der Waals surface area contributed by atoms with Crippen molar-refractivity contribution in [3.05, 3.63) is 77.2 Å². The Morgan fingerprint density at radius 2 is 1.93 bits per heavy atom. The minimum absolute atomic E-state index is 0.0925. The van der Waals surface area contributed by atoms with E-state index >= 15 is 0 Å². The summed E-state index contributed by atoms with van der Waals surface area (Å²) in [5.74, 6) is -0.889. The molecule has 1 aromatic heterocycles. The molecule has 9 heteroatoms. The molecule has 1 N–H and O–H groups in total. The molecule has 1 aliphatic rings. The van der Waals surface area contributed by atoms with E-state index in [9.17, 15) is 22.8 Å². The van der Waals surface area contributed by atoms with Gasteiger partial charge in [0.15, 0.2) is 5.82 Å². The highest BCUT2D eigenvalue weighted by molar-refractivity contribution is 5.94. The SMILES string of the molecule is COC(=O)c1ccc([C@H]2CC(=O)Nc3ncn(-c4cccc(C(F)(F)F)c4)c32)cc1. The normalized spacial score (nSPS) is 16.0. The predicted molar refractivity (Wildman–Crippen MR) is 101 cm³/mol. The largest absolute Gasteiger partial charge is 0.465 e. The van der Waals surface area contributed by atoms with Crippen molar-refractivity contribution in [2.45, 2.75) is 18.5 Å². The van der Waals surface area contributed by atoms with Crippen molar-refractivity contribution < 1.29 is 27.5 Å². The van der Waals surface area contributed by atoms with Gasteiger partial charge in [0.2, 0.25) is 5.91 Å². The van der Waals surface area contributed by atoms with E-state index in [0.717, 1.165) is 17.7 Å². The van der Waals surface area contributed by atoms with E-state index in [2.05, 4.69) is 15.0 Å². The molecule has 0 spiro atoms. The number of amides is 1. The highest BCUT2D eigenvalue weighted by Crippen LogP contribution is 2.38. The van der Waals surface area contributed by atoms with Gasteiger partial charge in [0.05, 0.1) is 23.9 Å². The topological polar surface area (TPSA) is 73.2 Å². The molecule has 1 amide bonds. The maximum atomic E-state index is 13.2. The molecule has 154 valence electrons. The van der Waals surface area contributed by atoms with Crippen molar-refractivity contribution in [2.24, 2.45) is 0 Å². The fourth-order valence-corrected chi connectivity index (χ4v) is 3.54. The lowest BCUT2D eigenvalue weighted by Crippen LogP contribution is -2.25. The van der Waals surface area contributed by atoms with Crippen LogP contribution in [0.4, 0.5) is 19.0 Å². The number of benzene rings is 2. The second-order valence-electron chi connectivity index (χ2n) is 6.81. The van der Waals surface area contributed by atoms with E-state index in [1.807, 2.05) is 0 Å². The molecule has 1 aliphatic heterocycles. The maximum Gasteiger partial charge on any atom is 0.416 e. The molecule has 30 heavy (non-hydrogen) atoms. The van der Waals surface area contributed by atoms with Crippen LogP contribution in [-0.4, -0.2) is 28.5 Å². The van der Waals surface area contributed by atoms with E-state index < -0.39 is 23.6 Å². The van der Waals surface area contributed by atoms with Crippen molar-refractivity contribution in [1.82, 2.24) is 9.55 Å². The maximum absolute atomic E-state index is 13.2. The minimum Gasteiger partial charge on any atom is -0.465 e. The van der Waals surface area contributed by atoms with Crippen LogP contribution in [0.5, 0.6) is 0 Å². The molecule has 0 saturated carbocycles. The Kier molecular flexibility index (Phi) is 4.81. The second kappa shape index (κ2) is 7.33. The van der Waals surface area contributed by atoms with Gasteiger partial charge in [-0.1, -0.05) is 18.2 Å². The van der Waals surface area contributed by atoms with Crippen LogP contribution in [0, 0.1) is 0 Å². The summed E-state index contributed by atoms with van der Waals surface area (Å²) >= 11 is 0. The molecule has 0 unspecified atom stereocenters. The van der Waals surface area contributed by atoms with Gasteiger partial charge in [-0.2, -0.15) is 13.2 Å².